The molecule has 15 heavy (non-hydrogen) atoms. The van der Waals surface area contributed by atoms with E-state index < -0.39 is 11.2 Å². The highest BCUT2D eigenvalue weighted by molar-refractivity contribution is 9.10. The van der Waals surface area contributed by atoms with Crippen molar-refractivity contribution in [1.82, 2.24) is 0 Å². The van der Waals surface area contributed by atoms with E-state index >= 15 is 0 Å². The van der Waals surface area contributed by atoms with Gasteiger partial charge in [0.25, 0.3) is 0 Å². The Kier molecular flexibility index (Phi) is 3.70. The van der Waals surface area contributed by atoms with Crippen LogP contribution in [0, 0.1) is 22.6 Å². The monoisotopic (exact) mass is 271 g/mol. The predicted octanol–water partition coefficient (Wildman–Crippen LogP) is 3.52. The molecule has 0 amide bonds. The van der Waals surface area contributed by atoms with Gasteiger partial charge in [-0.1, -0.05) is 15.9 Å². The van der Waals surface area contributed by atoms with Crippen molar-refractivity contribution in [3.63, 3.8) is 0 Å². The van der Waals surface area contributed by atoms with Crippen molar-refractivity contribution in [1.29, 1.82) is 5.26 Å². The van der Waals surface area contributed by atoms with Crippen molar-refractivity contribution in [3.05, 3.63) is 28.5 Å². The molecule has 4 heteroatoms. The Bertz CT molecular complexity index is 398. The van der Waals surface area contributed by atoms with Crippen molar-refractivity contribution in [2.75, 3.05) is 6.61 Å². The minimum absolute atomic E-state index is 0.168. The van der Waals surface area contributed by atoms with Crippen LogP contribution < -0.4 is 4.74 Å². The molecule has 0 unspecified atom stereocenters. The third-order valence-electron chi connectivity index (χ3n) is 1.79. The summed E-state index contributed by atoms with van der Waals surface area (Å²) in [6.45, 7) is 3.65. The van der Waals surface area contributed by atoms with E-state index in [-0.39, 0.29) is 12.4 Å². The smallest absolute Gasteiger partial charge is 0.166 e. The summed E-state index contributed by atoms with van der Waals surface area (Å²) in [6, 6.07) is 6.64. The second-order valence-corrected chi connectivity index (χ2v) is 4.77. The summed E-state index contributed by atoms with van der Waals surface area (Å²) in [5.74, 6) is -0.264. The minimum atomic E-state index is -0.612. The van der Waals surface area contributed by atoms with Crippen LogP contribution in [0.2, 0.25) is 0 Å². The zero-order chi connectivity index (χ0) is 11.5. The number of ether oxygens (including phenoxy) is 1. The molecule has 1 aromatic carbocycles. The summed E-state index contributed by atoms with van der Waals surface area (Å²) in [6.07, 6.45) is 0. The number of hydrogen-bond donors (Lipinski definition) is 0. The largest absolute Gasteiger partial charge is 0.489 e. The lowest BCUT2D eigenvalue weighted by Gasteiger charge is -2.16. The Morgan fingerprint density at radius 2 is 2.20 bits per heavy atom. The van der Waals surface area contributed by atoms with Crippen LogP contribution in [0.25, 0.3) is 0 Å². The van der Waals surface area contributed by atoms with Gasteiger partial charge in [-0.25, -0.2) is 4.39 Å². The van der Waals surface area contributed by atoms with Gasteiger partial charge < -0.3 is 4.74 Å². The van der Waals surface area contributed by atoms with E-state index in [9.17, 15) is 4.39 Å². The summed E-state index contributed by atoms with van der Waals surface area (Å²) in [5.41, 5.74) is -0.612. The van der Waals surface area contributed by atoms with Gasteiger partial charge in [-0.3, -0.25) is 0 Å². The topological polar surface area (TPSA) is 33.0 Å². The predicted molar refractivity (Wildman–Crippen MR) is 59.0 cm³/mol. The number of rotatable bonds is 3. The Morgan fingerprint density at radius 1 is 1.53 bits per heavy atom. The van der Waals surface area contributed by atoms with Gasteiger partial charge in [-0.05, 0) is 32.0 Å². The maximum Gasteiger partial charge on any atom is 0.166 e. The van der Waals surface area contributed by atoms with E-state index in [1.807, 2.05) is 0 Å². The Labute approximate surface area is 96.8 Å². The first-order valence-electron chi connectivity index (χ1n) is 4.44. The molecule has 0 bridgehead atoms. The molecule has 80 valence electrons. The fraction of sp³-hybridized carbons (Fsp3) is 0.364. The normalized spacial score (nSPS) is 10.9. The molecule has 1 aromatic rings. The van der Waals surface area contributed by atoms with Crippen LogP contribution in [0.15, 0.2) is 22.7 Å². The van der Waals surface area contributed by atoms with E-state index in [1.165, 1.54) is 12.1 Å². The van der Waals surface area contributed by atoms with Gasteiger partial charge >= 0.3 is 0 Å². The molecule has 0 aliphatic rings. The van der Waals surface area contributed by atoms with E-state index in [4.69, 9.17) is 10.00 Å². The molecule has 0 heterocycles. The van der Waals surface area contributed by atoms with E-state index in [1.54, 1.807) is 19.9 Å². The standard InChI is InChI=1S/C11H11BrFNO/c1-11(2,6-14)7-15-10-4-3-8(12)5-9(10)13/h3-5H,7H2,1-2H3. The summed E-state index contributed by atoms with van der Waals surface area (Å²) in [7, 11) is 0. The van der Waals surface area contributed by atoms with E-state index in [2.05, 4.69) is 22.0 Å². The molecule has 0 atom stereocenters. The van der Waals surface area contributed by atoms with Crippen molar-refractivity contribution >= 4 is 15.9 Å². The number of benzene rings is 1. The zero-order valence-corrected chi connectivity index (χ0v) is 10.1. The molecule has 0 aromatic heterocycles. The molecule has 0 radical (unpaired) electrons. The Balaban J connectivity index is 2.71. The Morgan fingerprint density at radius 3 is 2.73 bits per heavy atom. The fourth-order valence-electron chi connectivity index (χ4n) is 0.883. The number of halogens is 2. The van der Waals surface area contributed by atoms with Crippen LogP contribution in [-0.2, 0) is 0 Å². The lowest BCUT2D eigenvalue weighted by Crippen LogP contribution is -2.19. The minimum Gasteiger partial charge on any atom is -0.489 e. The highest BCUT2D eigenvalue weighted by atomic mass is 79.9. The SMILES string of the molecule is CC(C)(C#N)COc1ccc(Br)cc1F. The van der Waals surface area contributed by atoms with Crippen LogP contribution in [-0.4, -0.2) is 6.61 Å². The molecule has 0 fully saturated rings. The van der Waals surface area contributed by atoms with Crippen LogP contribution in [0.4, 0.5) is 4.39 Å². The first-order valence-corrected chi connectivity index (χ1v) is 5.23. The highest BCUT2D eigenvalue weighted by Gasteiger charge is 2.18. The van der Waals surface area contributed by atoms with E-state index in [0.29, 0.717) is 4.47 Å². The molecule has 0 N–H and O–H groups in total. The van der Waals surface area contributed by atoms with Gasteiger partial charge in [0.15, 0.2) is 11.6 Å². The third-order valence-corrected chi connectivity index (χ3v) is 2.28. The van der Waals surface area contributed by atoms with Gasteiger partial charge in [-0.15, -0.1) is 0 Å². The zero-order valence-electron chi connectivity index (χ0n) is 8.55. The van der Waals surface area contributed by atoms with Gasteiger partial charge in [0, 0.05) is 4.47 Å². The average Bonchev–Trinajstić information content (AvgIpc) is 2.16. The fourth-order valence-corrected chi connectivity index (χ4v) is 1.22. The van der Waals surface area contributed by atoms with Gasteiger partial charge in [0.2, 0.25) is 0 Å². The first kappa shape index (κ1) is 12.0. The number of hydrogen-bond acceptors (Lipinski definition) is 2. The molecular weight excluding hydrogens is 261 g/mol. The van der Waals surface area contributed by atoms with Crippen LogP contribution in [0.5, 0.6) is 5.75 Å². The molecule has 0 saturated heterocycles. The van der Waals surface area contributed by atoms with Crippen LogP contribution in [0.3, 0.4) is 0 Å². The maximum absolute atomic E-state index is 13.3. The molecule has 0 aliphatic carbocycles. The maximum atomic E-state index is 13.3. The van der Waals surface area contributed by atoms with Crippen LogP contribution >= 0.6 is 15.9 Å². The lowest BCUT2D eigenvalue weighted by atomic mass is 9.98. The molecule has 1 rings (SSSR count). The first-order chi connectivity index (χ1) is 6.94. The Hall–Kier alpha value is -1.08. The lowest BCUT2D eigenvalue weighted by molar-refractivity contribution is 0.218. The summed E-state index contributed by atoms with van der Waals surface area (Å²) in [5, 5.41) is 8.75. The van der Waals surface area contributed by atoms with Crippen molar-refractivity contribution in [2.24, 2.45) is 5.41 Å². The second-order valence-electron chi connectivity index (χ2n) is 3.86. The van der Waals surface area contributed by atoms with Gasteiger partial charge in [0.05, 0.1) is 11.5 Å². The van der Waals surface area contributed by atoms with Crippen molar-refractivity contribution in [3.8, 4) is 11.8 Å². The molecule has 0 spiro atoms. The van der Waals surface area contributed by atoms with Gasteiger partial charge in [0.1, 0.15) is 6.61 Å². The number of nitrogens with zero attached hydrogens (tertiary/aromatic N) is 1. The van der Waals surface area contributed by atoms with E-state index in [0.717, 1.165) is 0 Å². The summed E-state index contributed by atoms with van der Waals surface area (Å²) >= 11 is 3.15. The quantitative estimate of drug-likeness (QED) is 0.843. The van der Waals surface area contributed by atoms with Crippen LogP contribution in [0.1, 0.15) is 13.8 Å². The summed E-state index contributed by atoms with van der Waals surface area (Å²) in [4.78, 5) is 0. The number of nitriles is 1. The molecule has 2 nitrogen and oxygen atoms in total. The average molecular weight is 272 g/mol. The molecule has 0 aliphatic heterocycles. The highest BCUT2D eigenvalue weighted by Crippen LogP contribution is 2.23. The molecular formula is C11H11BrFNO. The van der Waals surface area contributed by atoms with Crippen molar-refractivity contribution in [2.45, 2.75) is 13.8 Å². The second kappa shape index (κ2) is 4.63. The third kappa shape index (κ3) is 3.52. The molecule has 0 saturated carbocycles. The summed E-state index contributed by atoms with van der Waals surface area (Å²) < 4.78 is 19.2. The van der Waals surface area contributed by atoms with Crippen molar-refractivity contribution < 1.29 is 9.13 Å². The van der Waals surface area contributed by atoms with Gasteiger partial charge in [-0.2, -0.15) is 5.26 Å².